The molecule has 0 unspecified atom stereocenters. The van der Waals surface area contributed by atoms with Crippen molar-refractivity contribution in [2.75, 3.05) is 6.61 Å². The van der Waals surface area contributed by atoms with Gasteiger partial charge in [0.15, 0.2) is 0 Å². The van der Waals surface area contributed by atoms with Crippen LogP contribution in [0.25, 0.3) is 0 Å². The van der Waals surface area contributed by atoms with Gasteiger partial charge < -0.3 is 0 Å². The van der Waals surface area contributed by atoms with Crippen molar-refractivity contribution in [3.63, 3.8) is 0 Å². The zero-order valence-corrected chi connectivity index (χ0v) is 24.3. The fourth-order valence-electron chi connectivity index (χ4n) is 5.05. The summed E-state index contributed by atoms with van der Waals surface area (Å²) in [6.07, 6.45) is 0.698. The van der Waals surface area contributed by atoms with E-state index in [1.807, 2.05) is 36.4 Å². The molecule has 6 heteroatoms. The Labute approximate surface area is 241 Å². The van der Waals surface area contributed by atoms with Crippen molar-refractivity contribution < 1.29 is 13.9 Å². The Hall–Kier alpha value is -3.30. The first kappa shape index (κ1) is 27.3. The number of carbonyl (C=O) groups is 1. The molecule has 0 spiro atoms. The molecule has 5 aromatic rings. The van der Waals surface area contributed by atoms with Gasteiger partial charge in [0.05, 0.1) is 0 Å². The third-order valence-corrected chi connectivity index (χ3v) is 12.6. The van der Waals surface area contributed by atoms with Crippen LogP contribution in [0.1, 0.15) is 15.9 Å². The van der Waals surface area contributed by atoms with Crippen LogP contribution in [0.5, 0.6) is 5.75 Å². The third-order valence-electron chi connectivity index (χ3n) is 6.88. The molecule has 0 saturated heterocycles. The quantitative estimate of drug-likeness (QED) is 0.125. The average molecular weight is 620 g/mol. The molecule has 0 fully saturated rings. The van der Waals surface area contributed by atoms with E-state index in [1.165, 1.54) is 28.0 Å². The summed E-state index contributed by atoms with van der Waals surface area (Å²) in [6, 6.07) is 41.8. The van der Waals surface area contributed by atoms with Crippen LogP contribution in [0.2, 0.25) is 5.02 Å². The van der Waals surface area contributed by atoms with Gasteiger partial charge >= 0.3 is 243 Å². The number of Topliss-reactive ketones (excluding diaryl/α,β-unsaturated/α-hetero) is 1. The van der Waals surface area contributed by atoms with E-state index >= 15 is 0 Å². The van der Waals surface area contributed by atoms with Gasteiger partial charge in [-0.05, 0) is 0 Å². The van der Waals surface area contributed by atoms with Gasteiger partial charge in [0.1, 0.15) is 0 Å². The summed E-state index contributed by atoms with van der Waals surface area (Å²) in [5.74, 6) is -0.532. The van der Waals surface area contributed by atoms with Gasteiger partial charge in [-0.1, -0.05) is 0 Å². The first-order valence-corrected chi connectivity index (χ1v) is 15.9. The zero-order valence-electron chi connectivity index (χ0n) is 21.0. The number of ether oxygens (including phenoxy) is 1. The molecule has 0 aliphatic carbocycles. The van der Waals surface area contributed by atoms with Crippen molar-refractivity contribution >= 4 is 56.5 Å². The molecule has 0 bridgehead atoms. The Morgan fingerprint density at radius 1 is 0.744 bits per heavy atom. The van der Waals surface area contributed by atoms with E-state index in [2.05, 4.69) is 88.7 Å². The first-order chi connectivity index (χ1) is 19.0. The van der Waals surface area contributed by atoms with Gasteiger partial charge in [-0.15, -0.1) is 0 Å². The molecule has 5 rings (SSSR count). The number of halogens is 3. The fraction of sp³-hybridized carbons (Fsp3) is 0.0606. The van der Waals surface area contributed by atoms with Crippen molar-refractivity contribution in [3.05, 3.63) is 154 Å². The fourth-order valence-corrected chi connectivity index (χ4v) is 10.5. The maximum atomic E-state index is 14.4. The third kappa shape index (κ3) is 5.84. The van der Waals surface area contributed by atoms with Crippen LogP contribution in [0.4, 0.5) is 4.39 Å². The Kier molecular flexibility index (Phi) is 8.57. The van der Waals surface area contributed by atoms with E-state index in [1.54, 1.807) is 0 Å². The van der Waals surface area contributed by atoms with Crippen LogP contribution < -0.4 is 20.7 Å². The van der Waals surface area contributed by atoms with Crippen LogP contribution in [0.3, 0.4) is 0 Å². The van der Waals surface area contributed by atoms with Gasteiger partial charge in [-0.2, -0.15) is 0 Å². The van der Waals surface area contributed by atoms with E-state index in [4.69, 9.17) is 16.3 Å². The molecular weight excluding hydrogens is 594 g/mol. The Morgan fingerprint density at radius 2 is 1.28 bits per heavy atom. The van der Waals surface area contributed by atoms with Gasteiger partial charge in [-0.25, -0.2) is 0 Å². The summed E-state index contributed by atoms with van der Waals surface area (Å²) >= 11 is 9.51. The number of hydrogen-bond acceptors (Lipinski definition) is 2. The van der Waals surface area contributed by atoms with Crippen molar-refractivity contribution in [3.8, 4) is 5.75 Å². The minimum atomic E-state index is -2.61. The molecule has 0 aromatic heterocycles. The zero-order chi connectivity index (χ0) is 27.2. The number of para-hydroxylation sites is 1. The normalized spacial score (nSPS) is 11.7. The predicted molar refractivity (Wildman–Crippen MR) is 166 cm³/mol. The van der Waals surface area contributed by atoms with Gasteiger partial charge in [0.25, 0.3) is 0 Å². The van der Waals surface area contributed by atoms with Gasteiger partial charge in [0, 0.05) is 0 Å². The predicted octanol–water partition coefficient (Wildman–Crippen LogP) is 7.73. The van der Waals surface area contributed by atoms with Crippen LogP contribution in [-0.4, -0.2) is 12.4 Å². The minimum absolute atomic E-state index is 0.0467. The molecule has 39 heavy (non-hydrogen) atoms. The maximum absolute atomic E-state index is 14.4. The van der Waals surface area contributed by atoms with Crippen molar-refractivity contribution in [1.29, 1.82) is 0 Å². The summed E-state index contributed by atoms with van der Waals surface area (Å²) in [5, 5.41) is 4.05. The summed E-state index contributed by atoms with van der Waals surface area (Å²) in [5.41, 5.74) is 0.923. The van der Waals surface area contributed by atoms with E-state index in [0.29, 0.717) is 11.9 Å². The molecule has 0 radical (unpaired) electrons. The Morgan fingerprint density at radius 3 is 1.79 bits per heavy atom. The first-order valence-electron chi connectivity index (χ1n) is 12.5. The SMILES string of the molecule is O=C(COc1c(Br)cccc1C[PH](c1ccccc1)(c1ccccc1)c1ccccc1)c1ccc(Cl)cc1F. The number of carbonyl (C=O) groups excluding carboxylic acids is 1. The van der Waals surface area contributed by atoms with Gasteiger partial charge in [-0.3, -0.25) is 0 Å². The summed E-state index contributed by atoms with van der Waals surface area (Å²) in [7, 11) is -2.61. The van der Waals surface area contributed by atoms with Crippen LogP contribution in [0.15, 0.2) is 132 Å². The average Bonchev–Trinajstić information content (AvgIpc) is 2.97. The summed E-state index contributed by atoms with van der Waals surface area (Å²) in [6.45, 7) is -0.301. The van der Waals surface area contributed by atoms with E-state index < -0.39 is 18.9 Å². The Balaban J connectivity index is 1.59. The van der Waals surface area contributed by atoms with Crippen molar-refractivity contribution in [2.45, 2.75) is 6.16 Å². The second-order valence-electron chi connectivity index (χ2n) is 9.24. The molecule has 2 nitrogen and oxygen atoms in total. The molecule has 5 aromatic carbocycles. The molecular formula is C33H26BrClFO2P. The molecule has 196 valence electrons. The summed E-state index contributed by atoms with van der Waals surface area (Å²) in [4.78, 5) is 12.9. The molecule has 0 heterocycles. The van der Waals surface area contributed by atoms with Crippen LogP contribution >= 0.6 is 34.8 Å². The van der Waals surface area contributed by atoms with E-state index in [0.717, 1.165) is 16.1 Å². The topological polar surface area (TPSA) is 26.3 Å². The van der Waals surface area contributed by atoms with Crippen LogP contribution in [0, 0.1) is 5.82 Å². The monoisotopic (exact) mass is 618 g/mol. The standard InChI is InChI=1S/C33H26BrClFO2P/c34-30-18-10-11-24(33(30)38-22-32(37)29-20-19-25(35)21-31(29)36)23-39(26-12-4-1-5-13-26,27-14-6-2-7-15-27)28-16-8-3-9-17-28/h1-21,39H,22-23H2. The Bertz CT molecular complexity index is 1480. The van der Waals surface area contributed by atoms with E-state index in [-0.39, 0.29) is 17.2 Å². The molecule has 0 amide bonds. The second kappa shape index (κ2) is 12.3. The second-order valence-corrected chi connectivity index (χ2v) is 14.4. The van der Waals surface area contributed by atoms with Gasteiger partial charge in [0.2, 0.25) is 0 Å². The molecule has 0 N–H and O–H groups in total. The van der Waals surface area contributed by atoms with E-state index in [9.17, 15) is 9.18 Å². The number of hydrogen-bond donors (Lipinski definition) is 0. The molecule has 0 aliphatic heterocycles. The van der Waals surface area contributed by atoms with Crippen LogP contribution in [-0.2, 0) is 6.16 Å². The number of benzene rings is 5. The number of rotatable bonds is 9. The molecule has 0 saturated carbocycles. The van der Waals surface area contributed by atoms with Crippen molar-refractivity contribution in [2.24, 2.45) is 0 Å². The number of ketones is 1. The molecule has 0 aliphatic rings. The summed E-state index contributed by atoms with van der Waals surface area (Å²) < 4.78 is 21.3. The molecule has 0 atom stereocenters. The van der Waals surface area contributed by atoms with Crippen molar-refractivity contribution in [1.82, 2.24) is 0 Å².